The average Bonchev–Trinajstić information content (AvgIpc) is 2.90. The second kappa shape index (κ2) is 5.51. The molecule has 1 unspecified atom stereocenters. The minimum Gasteiger partial charge on any atom is -0.496 e. The monoisotopic (exact) mass is 264 g/mol. The predicted octanol–water partition coefficient (Wildman–Crippen LogP) is 3.30. The van der Waals surface area contributed by atoms with Gasteiger partial charge >= 0.3 is 0 Å². The van der Waals surface area contributed by atoms with Crippen LogP contribution in [0.4, 0.5) is 0 Å². The van der Waals surface area contributed by atoms with Crippen LogP contribution in [0, 0.1) is 13.8 Å². The van der Waals surface area contributed by atoms with E-state index < -0.39 is 11.7 Å². The Morgan fingerprint density at radius 3 is 2.26 bits per heavy atom. The smallest absolute Gasteiger partial charge is 0.122 e. The van der Waals surface area contributed by atoms with E-state index in [1.165, 1.54) is 0 Å². The number of aryl methyl sites for hydroxylation is 2. The van der Waals surface area contributed by atoms with Crippen LogP contribution >= 0.6 is 0 Å². The minimum absolute atomic E-state index is 0.411. The van der Waals surface area contributed by atoms with Gasteiger partial charge in [-0.2, -0.15) is 0 Å². The van der Waals surface area contributed by atoms with Gasteiger partial charge < -0.3 is 14.6 Å². The van der Waals surface area contributed by atoms with E-state index >= 15 is 0 Å². The maximum atomic E-state index is 10.8. The molecule has 19 heavy (non-hydrogen) atoms. The van der Waals surface area contributed by atoms with Gasteiger partial charge in [0.05, 0.1) is 12.7 Å². The summed E-state index contributed by atoms with van der Waals surface area (Å²) in [6.07, 6.45) is 3.53. The molecular formula is C16H24O3. The van der Waals surface area contributed by atoms with Crippen LogP contribution in [0.1, 0.15) is 48.5 Å². The molecule has 1 aliphatic rings. The van der Waals surface area contributed by atoms with Gasteiger partial charge in [0.1, 0.15) is 11.9 Å². The molecular weight excluding hydrogens is 240 g/mol. The Balaban J connectivity index is 2.38. The molecule has 0 amide bonds. The fourth-order valence-electron chi connectivity index (χ4n) is 3.17. The third-order valence-electron chi connectivity index (χ3n) is 4.43. The number of benzene rings is 1. The van der Waals surface area contributed by atoms with Crippen molar-refractivity contribution in [2.45, 2.75) is 51.2 Å². The van der Waals surface area contributed by atoms with E-state index in [1.807, 2.05) is 26.0 Å². The topological polar surface area (TPSA) is 38.7 Å². The lowest BCUT2D eigenvalue weighted by atomic mass is 9.86. The maximum Gasteiger partial charge on any atom is 0.122 e. The third-order valence-corrected chi connectivity index (χ3v) is 4.43. The van der Waals surface area contributed by atoms with Gasteiger partial charge in [-0.15, -0.1) is 0 Å². The highest BCUT2D eigenvalue weighted by Gasteiger charge is 2.42. The van der Waals surface area contributed by atoms with Gasteiger partial charge in [0.25, 0.3) is 0 Å². The molecule has 3 nitrogen and oxygen atoms in total. The molecule has 2 rings (SSSR count). The summed E-state index contributed by atoms with van der Waals surface area (Å²) < 4.78 is 11.0. The Morgan fingerprint density at radius 2 is 1.74 bits per heavy atom. The minimum atomic E-state index is -0.565. The number of aliphatic hydroxyl groups excluding tert-OH is 1. The maximum absolute atomic E-state index is 10.8. The van der Waals surface area contributed by atoms with E-state index in [-0.39, 0.29) is 0 Å². The fourth-order valence-corrected chi connectivity index (χ4v) is 3.17. The summed E-state index contributed by atoms with van der Waals surface area (Å²) in [6, 6.07) is 4.02. The van der Waals surface area contributed by atoms with Crippen LogP contribution in [0.3, 0.4) is 0 Å². The SMILES string of the molecule is COc1cc(C)c(C(O)C2(OC)CCCC2)cc1C. The van der Waals surface area contributed by atoms with Crippen LogP contribution in [-0.4, -0.2) is 24.9 Å². The Labute approximate surface area is 115 Å². The highest BCUT2D eigenvalue weighted by Crippen LogP contribution is 2.44. The summed E-state index contributed by atoms with van der Waals surface area (Å²) in [5.41, 5.74) is 2.65. The second-order valence-electron chi connectivity index (χ2n) is 5.56. The van der Waals surface area contributed by atoms with Crippen LogP contribution in [0.15, 0.2) is 12.1 Å². The molecule has 0 aromatic heterocycles. The van der Waals surface area contributed by atoms with Crippen molar-refractivity contribution in [1.29, 1.82) is 0 Å². The van der Waals surface area contributed by atoms with Gasteiger partial charge in [0.15, 0.2) is 0 Å². The molecule has 0 bridgehead atoms. The number of ether oxygens (including phenoxy) is 2. The highest BCUT2D eigenvalue weighted by atomic mass is 16.5. The van der Waals surface area contributed by atoms with Crippen molar-refractivity contribution in [3.05, 3.63) is 28.8 Å². The lowest BCUT2D eigenvalue weighted by Crippen LogP contribution is -2.35. The predicted molar refractivity (Wildman–Crippen MR) is 75.6 cm³/mol. The van der Waals surface area contributed by atoms with E-state index in [0.717, 1.165) is 48.1 Å². The van der Waals surface area contributed by atoms with Crippen LogP contribution in [0.25, 0.3) is 0 Å². The number of aliphatic hydroxyl groups is 1. The van der Waals surface area contributed by atoms with Crippen LogP contribution < -0.4 is 4.74 Å². The molecule has 1 N–H and O–H groups in total. The first-order chi connectivity index (χ1) is 9.04. The Kier molecular flexibility index (Phi) is 4.16. The summed E-state index contributed by atoms with van der Waals surface area (Å²) in [5.74, 6) is 0.867. The molecule has 0 aliphatic heterocycles. The van der Waals surface area contributed by atoms with Gasteiger partial charge in [0.2, 0.25) is 0 Å². The van der Waals surface area contributed by atoms with Crippen molar-refractivity contribution in [2.75, 3.05) is 14.2 Å². The first-order valence-corrected chi connectivity index (χ1v) is 6.92. The van der Waals surface area contributed by atoms with E-state index in [9.17, 15) is 5.11 Å². The van der Waals surface area contributed by atoms with Crippen molar-refractivity contribution in [1.82, 2.24) is 0 Å². The molecule has 3 heteroatoms. The van der Waals surface area contributed by atoms with E-state index in [1.54, 1.807) is 14.2 Å². The molecule has 1 fully saturated rings. The molecule has 0 radical (unpaired) electrons. The third kappa shape index (κ3) is 2.49. The van der Waals surface area contributed by atoms with E-state index in [0.29, 0.717) is 0 Å². The van der Waals surface area contributed by atoms with Crippen molar-refractivity contribution >= 4 is 0 Å². The molecule has 1 atom stereocenters. The normalized spacial score (nSPS) is 19.4. The van der Waals surface area contributed by atoms with Gasteiger partial charge in [-0.3, -0.25) is 0 Å². The van der Waals surface area contributed by atoms with Crippen molar-refractivity contribution < 1.29 is 14.6 Å². The first-order valence-electron chi connectivity index (χ1n) is 6.92. The van der Waals surface area contributed by atoms with Crippen molar-refractivity contribution in [2.24, 2.45) is 0 Å². The zero-order valence-electron chi connectivity index (χ0n) is 12.3. The number of rotatable bonds is 4. The quantitative estimate of drug-likeness (QED) is 0.906. The second-order valence-corrected chi connectivity index (χ2v) is 5.56. The number of methoxy groups -OCH3 is 2. The molecule has 1 aromatic rings. The lowest BCUT2D eigenvalue weighted by molar-refractivity contribution is -0.100. The number of hydrogen-bond acceptors (Lipinski definition) is 3. The Bertz CT molecular complexity index is 448. The molecule has 1 aromatic carbocycles. The zero-order valence-corrected chi connectivity index (χ0v) is 12.3. The summed E-state index contributed by atoms with van der Waals surface area (Å²) in [5, 5.41) is 10.8. The lowest BCUT2D eigenvalue weighted by Gasteiger charge is -2.34. The van der Waals surface area contributed by atoms with Crippen molar-refractivity contribution in [3.8, 4) is 5.75 Å². The summed E-state index contributed by atoms with van der Waals surface area (Å²) in [6.45, 7) is 4.02. The fraction of sp³-hybridized carbons (Fsp3) is 0.625. The Morgan fingerprint density at radius 1 is 1.11 bits per heavy atom. The summed E-state index contributed by atoms with van der Waals surface area (Å²) in [4.78, 5) is 0. The van der Waals surface area contributed by atoms with Crippen LogP contribution in [-0.2, 0) is 4.74 Å². The van der Waals surface area contributed by atoms with Gasteiger partial charge in [-0.05, 0) is 55.5 Å². The molecule has 0 saturated heterocycles. The Hall–Kier alpha value is -1.06. The van der Waals surface area contributed by atoms with Gasteiger partial charge in [0, 0.05) is 7.11 Å². The van der Waals surface area contributed by atoms with Crippen molar-refractivity contribution in [3.63, 3.8) is 0 Å². The average molecular weight is 264 g/mol. The largest absolute Gasteiger partial charge is 0.496 e. The molecule has 106 valence electrons. The van der Waals surface area contributed by atoms with Crippen LogP contribution in [0.2, 0.25) is 0 Å². The molecule has 0 heterocycles. The standard InChI is InChI=1S/C16H24O3/c1-11-10-14(18-3)12(2)9-13(11)15(17)16(19-4)7-5-6-8-16/h9-10,15,17H,5-8H2,1-4H3. The van der Waals surface area contributed by atoms with Gasteiger partial charge in [-0.25, -0.2) is 0 Å². The molecule has 0 spiro atoms. The summed E-state index contributed by atoms with van der Waals surface area (Å²) in [7, 11) is 3.38. The highest BCUT2D eigenvalue weighted by molar-refractivity contribution is 5.43. The zero-order chi connectivity index (χ0) is 14.0. The first kappa shape index (κ1) is 14.4. The van der Waals surface area contributed by atoms with E-state index in [2.05, 4.69) is 0 Å². The number of hydrogen-bond donors (Lipinski definition) is 1. The van der Waals surface area contributed by atoms with Crippen LogP contribution in [0.5, 0.6) is 5.75 Å². The molecule has 1 saturated carbocycles. The van der Waals surface area contributed by atoms with E-state index in [4.69, 9.17) is 9.47 Å². The molecule has 1 aliphatic carbocycles. The van der Waals surface area contributed by atoms with Gasteiger partial charge in [-0.1, -0.05) is 12.8 Å². The summed E-state index contributed by atoms with van der Waals surface area (Å²) >= 11 is 0.